The third kappa shape index (κ3) is 5.35. The van der Waals surface area contributed by atoms with Gasteiger partial charge in [0.15, 0.2) is 0 Å². The van der Waals surface area contributed by atoms with Gasteiger partial charge in [0.2, 0.25) is 5.91 Å². The van der Waals surface area contributed by atoms with Crippen molar-refractivity contribution >= 4 is 11.6 Å². The van der Waals surface area contributed by atoms with Crippen molar-refractivity contribution in [2.75, 3.05) is 32.1 Å². The zero-order chi connectivity index (χ0) is 15.9. The first-order valence-corrected chi connectivity index (χ1v) is 7.59. The van der Waals surface area contributed by atoms with Crippen molar-refractivity contribution in [3.63, 3.8) is 0 Å². The van der Waals surface area contributed by atoms with Gasteiger partial charge in [0.25, 0.3) is 0 Å². The Morgan fingerprint density at radius 2 is 2.23 bits per heavy atom. The number of carbonyl (C=O) groups is 1. The molecule has 0 radical (unpaired) electrons. The second-order valence-corrected chi connectivity index (χ2v) is 5.67. The van der Waals surface area contributed by atoms with Gasteiger partial charge in [-0.3, -0.25) is 4.79 Å². The Kier molecular flexibility index (Phi) is 6.27. The second-order valence-electron chi connectivity index (χ2n) is 5.67. The van der Waals surface area contributed by atoms with E-state index in [0.29, 0.717) is 6.54 Å². The van der Waals surface area contributed by atoms with Gasteiger partial charge in [0.05, 0.1) is 11.8 Å². The molecule has 1 heterocycles. The topological polar surface area (TPSA) is 41.6 Å². The fourth-order valence-electron chi connectivity index (χ4n) is 2.49. The Balaban J connectivity index is 1.72. The third-order valence-corrected chi connectivity index (χ3v) is 3.72. The lowest BCUT2D eigenvalue weighted by molar-refractivity contribution is -0.116. The fraction of sp³-hybridized carbons (Fsp3) is 0.562. The van der Waals surface area contributed by atoms with E-state index in [1.807, 2.05) is 11.9 Å². The molecule has 4 nitrogen and oxygen atoms in total. The van der Waals surface area contributed by atoms with Gasteiger partial charge in [0.1, 0.15) is 11.6 Å². The Labute approximate surface area is 129 Å². The van der Waals surface area contributed by atoms with Crippen molar-refractivity contribution in [2.45, 2.75) is 31.8 Å². The summed E-state index contributed by atoms with van der Waals surface area (Å²) in [6.07, 6.45) is 3.84. The molecule has 1 fully saturated rings. The molecular weight excluding hydrogens is 290 g/mol. The van der Waals surface area contributed by atoms with Gasteiger partial charge in [0, 0.05) is 32.2 Å². The number of likely N-dealkylation sites (N-methyl/N-ethyl adjacent to an activating group) is 1. The van der Waals surface area contributed by atoms with E-state index in [0.717, 1.165) is 38.1 Å². The highest BCUT2D eigenvalue weighted by Gasteiger charge is 2.16. The lowest BCUT2D eigenvalue weighted by Crippen LogP contribution is -2.35. The maximum absolute atomic E-state index is 13.4. The predicted molar refractivity (Wildman–Crippen MR) is 80.7 cm³/mol. The molecule has 1 N–H and O–H groups in total. The maximum atomic E-state index is 13.4. The summed E-state index contributed by atoms with van der Waals surface area (Å²) in [6, 6.07) is 3.09. The summed E-state index contributed by atoms with van der Waals surface area (Å²) in [6.45, 7) is 2.16. The number of rotatable bonds is 6. The highest BCUT2D eigenvalue weighted by molar-refractivity contribution is 5.90. The first kappa shape index (κ1) is 16.8. The van der Waals surface area contributed by atoms with Gasteiger partial charge in [-0.15, -0.1) is 0 Å². The van der Waals surface area contributed by atoms with Crippen LogP contribution in [0.1, 0.15) is 25.7 Å². The van der Waals surface area contributed by atoms with Crippen LogP contribution in [0.4, 0.5) is 14.5 Å². The Morgan fingerprint density at radius 3 is 2.91 bits per heavy atom. The van der Waals surface area contributed by atoms with Crippen LogP contribution in [-0.2, 0) is 9.53 Å². The molecule has 6 heteroatoms. The average molecular weight is 312 g/mol. The molecule has 22 heavy (non-hydrogen) atoms. The quantitative estimate of drug-likeness (QED) is 0.878. The summed E-state index contributed by atoms with van der Waals surface area (Å²) >= 11 is 0. The van der Waals surface area contributed by atoms with E-state index < -0.39 is 11.6 Å². The molecule has 0 unspecified atom stereocenters. The molecule has 1 aliphatic heterocycles. The number of hydrogen-bond donors (Lipinski definition) is 1. The summed E-state index contributed by atoms with van der Waals surface area (Å²) in [5.74, 6) is -1.72. The van der Waals surface area contributed by atoms with E-state index >= 15 is 0 Å². The number of nitrogens with one attached hydrogen (secondary N) is 1. The predicted octanol–water partition coefficient (Wildman–Crippen LogP) is 2.79. The minimum Gasteiger partial charge on any atom is -0.377 e. The molecule has 0 aliphatic carbocycles. The Bertz CT molecular complexity index is 505. The van der Waals surface area contributed by atoms with E-state index in [1.54, 1.807) is 0 Å². The van der Waals surface area contributed by atoms with Crippen molar-refractivity contribution in [1.82, 2.24) is 4.90 Å². The SMILES string of the molecule is CN(CCC(=O)Nc1ccc(F)cc1F)C[C@H]1CCCCO1. The fourth-order valence-corrected chi connectivity index (χ4v) is 2.49. The van der Waals surface area contributed by atoms with E-state index in [2.05, 4.69) is 5.32 Å². The number of amides is 1. The van der Waals surface area contributed by atoms with Crippen LogP contribution in [0.15, 0.2) is 18.2 Å². The zero-order valence-electron chi connectivity index (χ0n) is 12.8. The molecule has 1 aromatic rings. The van der Waals surface area contributed by atoms with Crippen LogP contribution in [0.3, 0.4) is 0 Å². The number of carbonyl (C=O) groups excluding carboxylic acids is 1. The first-order valence-electron chi connectivity index (χ1n) is 7.59. The number of ether oxygens (including phenoxy) is 1. The molecule has 122 valence electrons. The normalized spacial score (nSPS) is 18.5. The first-order chi connectivity index (χ1) is 10.5. The number of benzene rings is 1. The van der Waals surface area contributed by atoms with Crippen LogP contribution in [0, 0.1) is 11.6 Å². The molecule has 1 atom stereocenters. The molecule has 0 aromatic heterocycles. The van der Waals surface area contributed by atoms with E-state index in [4.69, 9.17) is 4.74 Å². The molecule has 2 rings (SSSR count). The summed E-state index contributed by atoms with van der Waals surface area (Å²) in [7, 11) is 1.93. The largest absolute Gasteiger partial charge is 0.377 e. The standard InChI is InChI=1S/C16H22F2N2O2/c1-20(11-13-4-2-3-9-22-13)8-7-16(21)19-15-6-5-12(17)10-14(15)18/h5-6,10,13H,2-4,7-9,11H2,1H3,(H,19,21)/t13-/m1/s1. The average Bonchev–Trinajstić information content (AvgIpc) is 2.49. The molecule has 1 amide bonds. The van der Waals surface area contributed by atoms with Crippen LogP contribution >= 0.6 is 0 Å². The Morgan fingerprint density at radius 1 is 1.41 bits per heavy atom. The molecular formula is C16H22F2N2O2. The van der Waals surface area contributed by atoms with Crippen LogP contribution in [-0.4, -0.2) is 43.7 Å². The monoisotopic (exact) mass is 312 g/mol. The summed E-state index contributed by atoms with van der Waals surface area (Å²) in [4.78, 5) is 13.9. The van der Waals surface area contributed by atoms with Crippen molar-refractivity contribution < 1.29 is 18.3 Å². The molecule has 1 aliphatic rings. The second kappa shape index (κ2) is 8.19. The molecule has 0 spiro atoms. The van der Waals surface area contributed by atoms with E-state index in [-0.39, 0.29) is 24.1 Å². The minimum atomic E-state index is -0.766. The van der Waals surface area contributed by atoms with Crippen molar-refractivity contribution in [3.8, 4) is 0 Å². The summed E-state index contributed by atoms with van der Waals surface area (Å²) in [5, 5.41) is 2.46. The summed E-state index contributed by atoms with van der Waals surface area (Å²) in [5.41, 5.74) is 0.00432. The third-order valence-electron chi connectivity index (χ3n) is 3.72. The van der Waals surface area contributed by atoms with Crippen LogP contribution in [0.2, 0.25) is 0 Å². The Hall–Kier alpha value is -1.53. The van der Waals surface area contributed by atoms with Gasteiger partial charge >= 0.3 is 0 Å². The van der Waals surface area contributed by atoms with Crippen LogP contribution < -0.4 is 5.32 Å². The highest BCUT2D eigenvalue weighted by atomic mass is 19.1. The maximum Gasteiger partial charge on any atom is 0.225 e. The highest BCUT2D eigenvalue weighted by Crippen LogP contribution is 2.16. The van der Waals surface area contributed by atoms with Crippen molar-refractivity contribution in [3.05, 3.63) is 29.8 Å². The van der Waals surface area contributed by atoms with E-state index in [9.17, 15) is 13.6 Å². The lowest BCUT2D eigenvalue weighted by Gasteiger charge is -2.27. The number of nitrogens with zero attached hydrogens (tertiary/aromatic N) is 1. The number of anilines is 1. The molecule has 0 bridgehead atoms. The minimum absolute atomic E-state index is 0.00432. The molecule has 0 saturated carbocycles. The van der Waals surface area contributed by atoms with Gasteiger partial charge in [-0.1, -0.05) is 0 Å². The zero-order valence-corrected chi connectivity index (χ0v) is 12.8. The van der Waals surface area contributed by atoms with E-state index in [1.165, 1.54) is 12.5 Å². The smallest absolute Gasteiger partial charge is 0.225 e. The van der Waals surface area contributed by atoms with Gasteiger partial charge < -0.3 is 15.0 Å². The van der Waals surface area contributed by atoms with Crippen LogP contribution in [0.25, 0.3) is 0 Å². The van der Waals surface area contributed by atoms with Crippen molar-refractivity contribution in [1.29, 1.82) is 0 Å². The molecule has 1 saturated heterocycles. The van der Waals surface area contributed by atoms with Gasteiger partial charge in [-0.2, -0.15) is 0 Å². The van der Waals surface area contributed by atoms with Gasteiger partial charge in [-0.05, 0) is 38.4 Å². The van der Waals surface area contributed by atoms with Crippen molar-refractivity contribution in [2.24, 2.45) is 0 Å². The molecule has 1 aromatic carbocycles. The van der Waals surface area contributed by atoms with Crippen LogP contribution in [0.5, 0.6) is 0 Å². The lowest BCUT2D eigenvalue weighted by atomic mass is 10.1. The number of hydrogen-bond acceptors (Lipinski definition) is 3. The summed E-state index contributed by atoms with van der Waals surface area (Å²) < 4.78 is 31.9. The number of halogens is 2. The van der Waals surface area contributed by atoms with Gasteiger partial charge in [-0.25, -0.2) is 8.78 Å².